The van der Waals surface area contributed by atoms with Crippen LogP contribution in [0.5, 0.6) is 0 Å². The van der Waals surface area contributed by atoms with Crippen molar-refractivity contribution in [2.45, 2.75) is 59.8 Å². The van der Waals surface area contributed by atoms with Crippen LogP contribution in [-0.4, -0.2) is 31.3 Å². The van der Waals surface area contributed by atoms with Crippen molar-refractivity contribution >= 4 is 5.78 Å². The summed E-state index contributed by atoms with van der Waals surface area (Å²) < 4.78 is 0. The van der Waals surface area contributed by atoms with Crippen LogP contribution in [0.3, 0.4) is 0 Å². The molecule has 146 valence electrons. The second-order valence-electron chi connectivity index (χ2n) is 8.13. The van der Waals surface area contributed by atoms with Gasteiger partial charge in [-0.05, 0) is 113 Å². The van der Waals surface area contributed by atoms with E-state index in [1.807, 2.05) is 12.1 Å². The van der Waals surface area contributed by atoms with Crippen LogP contribution in [0.15, 0.2) is 30.3 Å². The zero-order chi connectivity index (χ0) is 20.0. The van der Waals surface area contributed by atoms with Gasteiger partial charge >= 0.3 is 0 Å². The molecule has 2 aromatic carbocycles. The lowest BCUT2D eigenvalue weighted by molar-refractivity contribution is 0.0980. The third-order valence-corrected chi connectivity index (χ3v) is 5.68. The van der Waals surface area contributed by atoms with Crippen LogP contribution < -0.4 is 0 Å². The van der Waals surface area contributed by atoms with Crippen LogP contribution in [0.2, 0.25) is 0 Å². The molecule has 0 amide bonds. The molecular formula is C25H35NO. The normalized spacial score (nSPS) is 11.2. The summed E-state index contributed by atoms with van der Waals surface area (Å²) in [6.45, 7) is 9.70. The average Bonchev–Trinajstić information content (AvgIpc) is 2.62. The summed E-state index contributed by atoms with van der Waals surface area (Å²) in [7, 11) is 4.25. The molecule has 0 fully saturated rings. The van der Waals surface area contributed by atoms with E-state index < -0.39 is 0 Å². The second kappa shape index (κ2) is 9.85. The molecule has 0 radical (unpaired) electrons. The average molecular weight is 366 g/mol. The van der Waals surface area contributed by atoms with Crippen molar-refractivity contribution in [1.29, 1.82) is 0 Å². The van der Waals surface area contributed by atoms with Gasteiger partial charge in [-0.3, -0.25) is 4.79 Å². The molecule has 2 heteroatoms. The summed E-state index contributed by atoms with van der Waals surface area (Å²) in [5, 5.41) is 0. The van der Waals surface area contributed by atoms with Crippen molar-refractivity contribution in [3.05, 3.63) is 69.3 Å². The van der Waals surface area contributed by atoms with Crippen molar-refractivity contribution in [2.75, 3.05) is 20.6 Å². The van der Waals surface area contributed by atoms with Gasteiger partial charge < -0.3 is 4.90 Å². The standard InChI is InChI=1S/C25H35NO/c1-18-12-15-23(17-20(18)3)25(27)11-7-9-22-14-13-19(2)21(4)24(22)10-8-16-26(5)6/h12-15,17H,7-11,16H2,1-6H3. The number of ketones is 1. The number of benzene rings is 2. The number of aryl methyl sites for hydroxylation is 4. The minimum atomic E-state index is 0.260. The maximum Gasteiger partial charge on any atom is 0.162 e. The van der Waals surface area contributed by atoms with Crippen LogP contribution >= 0.6 is 0 Å². The fourth-order valence-electron chi connectivity index (χ4n) is 3.58. The lowest BCUT2D eigenvalue weighted by atomic mass is 9.91. The number of rotatable bonds is 9. The highest BCUT2D eigenvalue weighted by atomic mass is 16.1. The van der Waals surface area contributed by atoms with Crippen molar-refractivity contribution < 1.29 is 4.79 Å². The van der Waals surface area contributed by atoms with E-state index in [9.17, 15) is 4.79 Å². The van der Waals surface area contributed by atoms with Gasteiger partial charge in [-0.2, -0.15) is 0 Å². The molecule has 0 aliphatic carbocycles. The Morgan fingerprint density at radius 2 is 1.56 bits per heavy atom. The topological polar surface area (TPSA) is 20.3 Å². The maximum atomic E-state index is 12.5. The van der Waals surface area contributed by atoms with E-state index in [0.717, 1.165) is 31.4 Å². The first-order valence-corrected chi connectivity index (χ1v) is 10.1. The summed E-state index contributed by atoms with van der Waals surface area (Å²) in [5.41, 5.74) is 8.99. The summed E-state index contributed by atoms with van der Waals surface area (Å²) in [6.07, 6.45) is 4.80. The van der Waals surface area contributed by atoms with Gasteiger partial charge in [-0.15, -0.1) is 0 Å². The largest absolute Gasteiger partial charge is 0.309 e. The molecule has 0 aliphatic heterocycles. The molecule has 0 atom stereocenters. The van der Waals surface area contributed by atoms with Crippen LogP contribution in [-0.2, 0) is 12.8 Å². The highest BCUT2D eigenvalue weighted by Crippen LogP contribution is 2.22. The Bertz CT molecular complexity index is 789. The van der Waals surface area contributed by atoms with Crippen LogP contribution in [0.1, 0.15) is 63.0 Å². The minimum Gasteiger partial charge on any atom is -0.309 e. The number of hydrogen-bond acceptors (Lipinski definition) is 2. The molecule has 0 heterocycles. The Kier molecular flexibility index (Phi) is 7.79. The zero-order valence-electron chi connectivity index (χ0n) is 18.0. The van der Waals surface area contributed by atoms with E-state index in [4.69, 9.17) is 0 Å². The number of carbonyl (C=O) groups excluding carboxylic acids is 1. The quantitative estimate of drug-likeness (QED) is 0.538. The van der Waals surface area contributed by atoms with E-state index in [0.29, 0.717) is 6.42 Å². The molecule has 0 spiro atoms. The second-order valence-corrected chi connectivity index (χ2v) is 8.13. The van der Waals surface area contributed by atoms with Gasteiger partial charge in [0.1, 0.15) is 0 Å². The lowest BCUT2D eigenvalue weighted by Crippen LogP contribution is -2.14. The number of Topliss-reactive ketones (excluding diaryl/α,β-unsaturated/α-hetero) is 1. The lowest BCUT2D eigenvalue weighted by Gasteiger charge is -2.16. The van der Waals surface area contributed by atoms with Crippen LogP contribution in [0.25, 0.3) is 0 Å². The Morgan fingerprint density at radius 3 is 2.22 bits per heavy atom. The minimum absolute atomic E-state index is 0.260. The molecule has 0 aliphatic rings. The van der Waals surface area contributed by atoms with E-state index in [1.165, 1.54) is 39.8 Å². The fraction of sp³-hybridized carbons (Fsp3) is 0.480. The molecule has 2 nitrogen and oxygen atoms in total. The van der Waals surface area contributed by atoms with Gasteiger partial charge in [0.15, 0.2) is 5.78 Å². The first kappa shape index (κ1) is 21.4. The molecule has 2 rings (SSSR count). The Labute approximate surface area is 165 Å². The smallest absolute Gasteiger partial charge is 0.162 e. The van der Waals surface area contributed by atoms with Crippen LogP contribution in [0, 0.1) is 27.7 Å². The first-order chi connectivity index (χ1) is 12.8. The fourth-order valence-corrected chi connectivity index (χ4v) is 3.58. The van der Waals surface area contributed by atoms with E-state index in [2.05, 4.69) is 64.9 Å². The molecule has 0 aromatic heterocycles. The molecule has 0 bridgehead atoms. The van der Waals surface area contributed by atoms with Crippen LogP contribution in [0.4, 0.5) is 0 Å². The molecule has 27 heavy (non-hydrogen) atoms. The van der Waals surface area contributed by atoms with Crippen molar-refractivity contribution in [1.82, 2.24) is 4.90 Å². The Morgan fingerprint density at radius 1 is 0.852 bits per heavy atom. The Balaban J connectivity index is 2.01. The molecular weight excluding hydrogens is 330 g/mol. The maximum absolute atomic E-state index is 12.5. The molecule has 0 saturated carbocycles. The summed E-state index contributed by atoms with van der Waals surface area (Å²) >= 11 is 0. The van der Waals surface area contributed by atoms with E-state index in [-0.39, 0.29) is 5.78 Å². The third kappa shape index (κ3) is 6.04. The zero-order valence-corrected chi connectivity index (χ0v) is 18.0. The van der Waals surface area contributed by atoms with E-state index >= 15 is 0 Å². The highest BCUT2D eigenvalue weighted by molar-refractivity contribution is 5.96. The van der Waals surface area contributed by atoms with E-state index in [1.54, 1.807) is 0 Å². The number of hydrogen-bond donors (Lipinski definition) is 0. The summed E-state index contributed by atoms with van der Waals surface area (Å²) in [6, 6.07) is 10.5. The number of carbonyl (C=O) groups is 1. The summed E-state index contributed by atoms with van der Waals surface area (Å²) in [4.78, 5) is 14.8. The van der Waals surface area contributed by atoms with Gasteiger partial charge in [0, 0.05) is 12.0 Å². The van der Waals surface area contributed by atoms with Gasteiger partial charge in [-0.1, -0.05) is 24.3 Å². The van der Waals surface area contributed by atoms with Crippen molar-refractivity contribution in [3.8, 4) is 0 Å². The highest BCUT2D eigenvalue weighted by Gasteiger charge is 2.11. The number of nitrogens with zero attached hydrogens (tertiary/aromatic N) is 1. The SMILES string of the molecule is Cc1ccc(C(=O)CCCc2ccc(C)c(C)c2CCCN(C)C)cc1C. The predicted molar refractivity (Wildman–Crippen MR) is 116 cm³/mol. The molecule has 0 unspecified atom stereocenters. The third-order valence-electron chi connectivity index (χ3n) is 5.68. The Hall–Kier alpha value is -1.93. The van der Waals surface area contributed by atoms with Gasteiger partial charge in [-0.25, -0.2) is 0 Å². The molecule has 0 saturated heterocycles. The van der Waals surface area contributed by atoms with Crippen molar-refractivity contribution in [2.24, 2.45) is 0 Å². The van der Waals surface area contributed by atoms with Crippen molar-refractivity contribution in [3.63, 3.8) is 0 Å². The monoisotopic (exact) mass is 365 g/mol. The molecule has 2 aromatic rings. The summed E-state index contributed by atoms with van der Waals surface area (Å²) in [5.74, 6) is 0.260. The van der Waals surface area contributed by atoms with Gasteiger partial charge in [0.2, 0.25) is 0 Å². The van der Waals surface area contributed by atoms with Gasteiger partial charge in [0.25, 0.3) is 0 Å². The molecule has 0 N–H and O–H groups in total. The van der Waals surface area contributed by atoms with Gasteiger partial charge in [0.05, 0.1) is 0 Å². The first-order valence-electron chi connectivity index (χ1n) is 10.1. The predicted octanol–water partition coefficient (Wildman–Crippen LogP) is 5.62.